The summed E-state index contributed by atoms with van der Waals surface area (Å²) in [7, 11) is 0. The molecule has 1 aliphatic heterocycles. The van der Waals surface area contributed by atoms with Crippen molar-refractivity contribution in [2.45, 2.75) is 31.8 Å². The van der Waals surface area contributed by atoms with E-state index in [0.29, 0.717) is 6.61 Å². The van der Waals surface area contributed by atoms with E-state index < -0.39 is 11.9 Å². The van der Waals surface area contributed by atoms with Crippen LogP contribution in [0.15, 0.2) is 12.7 Å². The monoisotopic (exact) mass is 158 g/mol. The molecule has 0 bridgehead atoms. The molecule has 0 unspecified atom stereocenters. The molecule has 0 saturated carbocycles. The zero-order valence-corrected chi connectivity index (χ0v) is 6.91. The Kier molecular flexibility index (Phi) is 2.32. The summed E-state index contributed by atoms with van der Waals surface area (Å²) >= 11 is 0. The second kappa shape index (κ2) is 2.93. The molecule has 3 nitrogen and oxygen atoms in total. The van der Waals surface area contributed by atoms with Gasteiger partial charge in [0.2, 0.25) is 0 Å². The van der Waals surface area contributed by atoms with Crippen LogP contribution in [0.3, 0.4) is 0 Å². The summed E-state index contributed by atoms with van der Waals surface area (Å²) in [5.74, 6) is -0.561. The number of aliphatic hydroxyl groups excluding tert-OH is 1. The van der Waals surface area contributed by atoms with Gasteiger partial charge >= 0.3 is 0 Å². The van der Waals surface area contributed by atoms with E-state index in [4.69, 9.17) is 9.47 Å². The average Bonchev–Trinajstić information content (AvgIpc) is 2.29. The molecule has 0 amide bonds. The largest absolute Gasteiger partial charge is 0.386 e. The minimum atomic E-state index is -0.628. The SMILES string of the molecule is C=C[C@H](O)[C@H]1COC(C)(C)O1. The first kappa shape index (κ1) is 8.71. The zero-order valence-electron chi connectivity index (χ0n) is 6.91. The van der Waals surface area contributed by atoms with Crippen molar-refractivity contribution < 1.29 is 14.6 Å². The first-order valence-electron chi connectivity index (χ1n) is 3.67. The molecule has 0 radical (unpaired) electrons. The number of rotatable bonds is 2. The minimum Gasteiger partial charge on any atom is -0.386 e. The third-order valence-electron chi connectivity index (χ3n) is 1.65. The van der Waals surface area contributed by atoms with Crippen LogP contribution in [0.2, 0.25) is 0 Å². The van der Waals surface area contributed by atoms with Gasteiger partial charge in [-0.3, -0.25) is 0 Å². The normalized spacial score (nSPS) is 31.7. The van der Waals surface area contributed by atoms with Crippen LogP contribution in [0.25, 0.3) is 0 Å². The van der Waals surface area contributed by atoms with Gasteiger partial charge < -0.3 is 14.6 Å². The van der Waals surface area contributed by atoms with E-state index in [1.807, 2.05) is 13.8 Å². The van der Waals surface area contributed by atoms with E-state index in [1.165, 1.54) is 6.08 Å². The van der Waals surface area contributed by atoms with Gasteiger partial charge in [-0.25, -0.2) is 0 Å². The fraction of sp³-hybridized carbons (Fsp3) is 0.750. The van der Waals surface area contributed by atoms with Crippen LogP contribution >= 0.6 is 0 Å². The van der Waals surface area contributed by atoms with Crippen LogP contribution in [0.5, 0.6) is 0 Å². The highest BCUT2D eigenvalue weighted by molar-refractivity contribution is 4.88. The van der Waals surface area contributed by atoms with Crippen LogP contribution in [0.4, 0.5) is 0 Å². The fourth-order valence-electron chi connectivity index (χ4n) is 1.04. The molecule has 1 N–H and O–H groups in total. The van der Waals surface area contributed by atoms with E-state index >= 15 is 0 Å². The summed E-state index contributed by atoms with van der Waals surface area (Å²) < 4.78 is 10.6. The molecule has 1 saturated heterocycles. The second-order valence-electron chi connectivity index (χ2n) is 3.09. The third-order valence-corrected chi connectivity index (χ3v) is 1.65. The molecule has 11 heavy (non-hydrogen) atoms. The molecule has 1 aliphatic rings. The lowest BCUT2D eigenvalue weighted by atomic mass is 10.2. The van der Waals surface area contributed by atoms with Crippen LogP contribution in [0.1, 0.15) is 13.8 Å². The number of ether oxygens (including phenoxy) is 2. The second-order valence-corrected chi connectivity index (χ2v) is 3.09. The van der Waals surface area contributed by atoms with Crippen molar-refractivity contribution in [2.75, 3.05) is 6.61 Å². The van der Waals surface area contributed by atoms with Crippen molar-refractivity contribution in [3.05, 3.63) is 12.7 Å². The zero-order chi connectivity index (χ0) is 8.48. The maximum absolute atomic E-state index is 9.27. The quantitative estimate of drug-likeness (QED) is 0.601. The molecule has 64 valence electrons. The lowest BCUT2D eigenvalue weighted by molar-refractivity contribution is -0.147. The molecule has 0 aliphatic carbocycles. The number of aliphatic hydroxyl groups is 1. The van der Waals surface area contributed by atoms with E-state index in [0.717, 1.165) is 0 Å². The van der Waals surface area contributed by atoms with E-state index in [9.17, 15) is 5.11 Å². The van der Waals surface area contributed by atoms with Gasteiger partial charge in [0.25, 0.3) is 0 Å². The van der Waals surface area contributed by atoms with Crippen molar-refractivity contribution in [1.29, 1.82) is 0 Å². The van der Waals surface area contributed by atoms with Gasteiger partial charge in [-0.15, -0.1) is 6.58 Å². The fourth-order valence-corrected chi connectivity index (χ4v) is 1.04. The number of hydrogen-bond acceptors (Lipinski definition) is 3. The third kappa shape index (κ3) is 2.02. The van der Waals surface area contributed by atoms with Gasteiger partial charge in [-0.2, -0.15) is 0 Å². The van der Waals surface area contributed by atoms with Gasteiger partial charge in [0.1, 0.15) is 12.2 Å². The minimum absolute atomic E-state index is 0.262. The van der Waals surface area contributed by atoms with Gasteiger partial charge in [-0.1, -0.05) is 6.08 Å². The summed E-state index contributed by atoms with van der Waals surface area (Å²) in [5, 5.41) is 9.27. The highest BCUT2D eigenvalue weighted by atomic mass is 16.7. The molecule has 3 heteroatoms. The first-order chi connectivity index (χ1) is 5.05. The smallest absolute Gasteiger partial charge is 0.163 e. The van der Waals surface area contributed by atoms with Gasteiger partial charge in [0.05, 0.1) is 6.61 Å². The molecule has 2 atom stereocenters. The van der Waals surface area contributed by atoms with Crippen molar-refractivity contribution >= 4 is 0 Å². The molecular weight excluding hydrogens is 144 g/mol. The molecule has 0 spiro atoms. The summed E-state index contributed by atoms with van der Waals surface area (Å²) in [4.78, 5) is 0. The highest BCUT2D eigenvalue weighted by Gasteiger charge is 2.35. The first-order valence-corrected chi connectivity index (χ1v) is 3.67. The Morgan fingerprint density at radius 3 is 2.73 bits per heavy atom. The molecular formula is C8H14O3. The molecule has 1 fully saturated rings. The Morgan fingerprint density at radius 1 is 1.73 bits per heavy atom. The number of hydrogen-bond donors (Lipinski definition) is 1. The Balaban J connectivity index is 2.47. The Morgan fingerprint density at radius 2 is 2.36 bits per heavy atom. The van der Waals surface area contributed by atoms with Crippen LogP contribution < -0.4 is 0 Å². The Bertz CT molecular complexity index is 153. The van der Waals surface area contributed by atoms with Gasteiger partial charge in [-0.05, 0) is 13.8 Å². The van der Waals surface area contributed by atoms with Crippen molar-refractivity contribution in [1.82, 2.24) is 0 Å². The molecule has 0 aromatic carbocycles. The molecule has 1 rings (SSSR count). The highest BCUT2D eigenvalue weighted by Crippen LogP contribution is 2.24. The summed E-state index contributed by atoms with van der Waals surface area (Å²) in [6, 6.07) is 0. The summed E-state index contributed by atoms with van der Waals surface area (Å²) in [6.45, 7) is 7.54. The Labute approximate surface area is 66.6 Å². The maximum Gasteiger partial charge on any atom is 0.163 e. The van der Waals surface area contributed by atoms with Crippen LogP contribution in [-0.2, 0) is 9.47 Å². The maximum atomic E-state index is 9.27. The summed E-state index contributed by atoms with van der Waals surface area (Å²) in [5.41, 5.74) is 0. The van der Waals surface area contributed by atoms with Crippen LogP contribution in [-0.4, -0.2) is 29.7 Å². The van der Waals surface area contributed by atoms with E-state index in [-0.39, 0.29) is 6.10 Å². The lowest BCUT2D eigenvalue weighted by Crippen LogP contribution is -2.28. The lowest BCUT2D eigenvalue weighted by Gasteiger charge is -2.18. The summed E-state index contributed by atoms with van der Waals surface area (Å²) in [6.07, 6.45) is 0.564. The predicted molar refractivity (Wildman–Crippen MR) is 41.1 cm³/mol. The molecule has 1 heterocycles. The van der Waals surface area contributed by atoms with Crippen molar-refractivity contribution in [3.8, 4) is 0 Å². The predicted octanol–water partition coefficient (Wildman–Crippen LogP) is 0.685. The van der Waals surface area contributed by atoms with Crippen LogP contribution in [0, 0.1) is 0 Å². The van der Waals surface area contributed by atoms with Gasteiger partial charge in [0, 0.05) is 0 Å². The standard InChI is InChI=1S/C8H14O3/c1-4-6(9)7-5-10-8(2,3)11-7/h4,6-7,9H,1,5H2,2-3H3/t6-,7+/m0/s1. The molecule has 0 aromatic rings. The Hall–Kier alpha value is -0.380. The van der Waals surface area contributed by atoms with Crippen molar-refractivity contribution in [3.63, 3.8) is 0 Å². The van der Waals surface area contributed by atoms with Crippen molar-refractivity contribution in [2.24, 2.45) is 0 Å². The topological polar surface area (TPSA) is 38.7 Å². The van der Waals surface area contributed by atoms with E-state index in [1.54, 1.807) is 0 Å². The van der Waals surface area contributed by atoms with E-state index in [2.05, 4.69) is 6.58 Å². The molecule has 0 aromatic heterocycles. The van der Waals surface area contributed by atoms with Gasteiger partial charge in [0.15, 0.2) is 5.79 Å². The average molecular weight is 158 g/mol.